The van der Waals surface area contributed by atoms with Gasteiger partial charge in [0.25, 0.3) is 0 Å². The molecule has 0 spiro atoms. The molecule has 2 heterocycles. The summed E-state index contributed by atoms with van der Waals surface area (Å²) in [5, 5.41) is 3.35. The van der Waals surface area contributed by atoms with Crippen molar-refractivity contribution in [2.75, 3.05) is 24.5 Å². The second-order valence-electron chi connectivity index (χ2n) is 5.38. The maximum absolute atomic E-state index is 11.2. The number of amides is 1. The number of carbonyl (C=O) groups is 1. The Hall–Kier alpha value is -1.62. The van der Waals surface area contributed by atoms with E-state index < -0.39 is 0 Å². The van der Waals surface area contributed by atoms with Crippen LogP contribution >= 0.6 is 0 Å². The fraction of sp³-hybridized carbons (Fsp3) is 0.600. The molecule has 2 rings (SSSR count). The number of nitrogens with one attached hydrogen (secondary N) is 1. The average Bonchev–Trinajstić information content (AvgIpc) is 2.48. The van der Waals surface area contributed by atoms with Gasteiger partial charge in [0, 0.05) is 25.0 Å². The van der Waals surface area contributed by atoms with Crippen LogP contribution < -0.4 is 16.0 Å². The third-order valence-electron chi connectivity index (χ3n) is 3.99. The zero-order valence-corrected chi connectivity index (χ0v) is 12.3. The molecule has 1 atom stereocenters. The van der Waals surface area contributed by atoms with E-state index in [1.165, 1.54) is 0 Å². The minimum atomic E-state index is -0.169. The van der Waals surface area contributed by atoms with E-state index in [0.29, 0.717) is 0 Å². The van der Waals surface area contributed by atoms with Crippen LogP contribution in [0.2, 0.25) is 0 Å². The summed E-state index contributed by atoms with van der Waals surface area (Å²) < 4.78 is 0. The van der Waals surface area contributed by atoms with Crippen LogP contribution in [0.15, 0.2) is 18.3 Å². The average molecular weight is 276 g/mol. The van der Waals surface area contributed by atoms with Crippen LogP contribution in [0.1, 0.15) is 38.4 Å². The molecule has 1 aliphatic heterocycles. The predicted molar refractivity (Wildman–Crippen MR) is 80.5 cm³/mol. The molecule has 0 aliphatic carbocycles. The van der Waals surface area contributed by atoms with E-state index in [-0.39, 0.29) is 17.9 Å². The van der Waals surface area contributed by atoms with Crippen LogP contribution in [0.25, 0.3) is 0 Å². The molecular weight excluding hydrogens is 252 g/mol. The third-order valence-corrected chi connectivity index (χ3v) is 3.99. The summed E-state index contributed by atoms with van der Waals surface area (Å²) in [6.07, 6.45) is 3.60. The fourth-order valence-electron chi connectivity index (χ4n) is 2.67. The molecule has 1 aromatic heterocycles. The van der Waals surface area contributed by atoms with E-state index in [1.54, 1.807) is 0 Å². The minimum absolute atomic E-state index is 0.0345. The molecule has 1 amide bonds. The molecule has 1 fully saturated rings. The molecule has 3 N–H and O–H groups in total. The van der Waals surface area contributed by atoms with Gasteiger partial charge in [-0.05, 0) is 38.4 Å². The number of carbonyl (C=O) groups excluding carboxylic acids is 1. The Morgan fingerprint density at radius 2 is 2.20 bits per heavy atom. The Morgan fingerprint density at radius 3 is 2.70 bits per heavy atom. The summed E-state index contributed by atoms with van der Waals surface area (Å²) >= 11 is 0. The van der Waals surface area contributed by atoms with Crippen LogP contribution in [0.5, 0.6) is 0 Å². The van der Waals surface area contributed by atoms with Crippen LogP contribution in [0.4, 0.5) is 5.69 Å². The van der Waals surface area contributed by atoms with Crippen LogP contribution in [-0.2, 0) is 4.79 Å². The van der Waals surface area contributed by atoms with E-state index in [1.807, 2.05) is 6.20 Å². The van der Waals surface area contributed by atoms with Crippen molar-refractivity contribution in [3.8, 4) is 0 Å². The Kier molecular flexibility index (Phi) is 4.95. The summed E-state index contributed by atoms with van der Waals surface area (Å²) in [7, 11) is 0. The summed E-state index contributed by atoms with van der Waals surface area (Å²) in [6, 6.07) is 4.46. The van der Waals surface area contributed by atoms with E-state index in [9.17, 15) is 4.79 Å². The topological polar surface area (TPSA) is 71.2 Å². The number of anilines is 1. The van der Waals surface area contributed by atoms with E-state index in [2.05, 4.69) is 41.2 Å². The molecule has 0 aromatic carbocycles. The first-order valence-corrected chi connectivity index (χ1v) is 7.35. The SMILES string of the molecule is CCNC(C)c1ccc(N2CCC(C(N)=O)CC2)cn1. The van der Waals surface area contributed by atoms with E-state index in [0.717, 1.165) is 43.9 Å². The summed E-state index contributed by atoms with van der Waals surface area (Å²) in [5.41, 5.74) is 7.54. The lowest BCUT2D eigenvalue weighted by Gasteiger charge is -2.32. The first-order valence-electron chi connectivity index (χ1n) is 7.35. The first kappa shape index (κ1) is 14.8. The van der Waals surface area contributed by atoms with E-state index >= 15 is 0 Å². The lowest BCUT2D eigenvalue weighted by molar-refractivity contribution is -0.122. The molecule has 110 valence electrons. The Bertz CT molecular complexity index is 438. The molecule has 0 saturated carbocycles. The number of piperidine rings is 1. The number of primary amides is 1. The molecule has 5 nitrogen and oxygen atoms in total. The summed E-state index contributed by atoms with van der Waals surface area (Å²) in [6.45, 7) is 6.89. The van der Waals surface area contributed by atoms with Gasteiger partial charge in [0.2, 0.25) is 5.91 Å². The molecular formula is C15H24N4O. The smallest absolute Gasteiger partial charge is 0.220 e. The van der Waals surface area contributed by atoms with Gasteiger partial charge in [-0.1, -0.05) is 6.92 Å². The van der Waals surface area contributed by atoms with E-state index in [4.69, 9.17) is 5.73 Å². The van der Waals surface area contributed by atoms with Crippen LogP contribution in [0, 0.1) is 5.92 Å². The molecule has 1 aromatic rings. The van der Waals surface area contributed by atoms with Gasteiger partial charge in [0.15, 0.2) is 0 Å². The summed E-state index contributed by atoms with van der Waals surface area (Å²) in [5.74, 6) is -0.134. The van der Waals surface area contributed by atoms with Crippen LogP contribution in [-0.4, -0.2) is 30.5 Å². The molecule has 0 bridgehead atoms. The quantitative estimate of drug-likeness (QED) is 0.854. The number of nitrogens with zero attached hydrogens (tertiary/aromatic N) is 2. The number of aromatic nitrogens is 1. The molecule has 5 heteroatoms. The van der Waals surface area contributed by atoms with Gasteiger partial charge in [0.1, 0.15) is 0 Å². The van der Waals surface area contributed by atoms with Gasteiger partial charge < -0.3 is 16.0 Å². The number of pyridine rings is 1. The van der Waals surface area contributed by atoms with Crippen molar-refractivity contribution in [3.63, 3.8) is 0 Å². The Balaban J connectivity index is 1.96. The zero-order chi connectivity index (χ0) is 14.5. The monoisotopic (exact) mass is 276 g/mol. The lowest BCUT2D eigenvalue weighted by atomic mass is 9.96. The maximum atomic E-state index is 11.2. The number of hydrogen-bond acceptors (Lipinski definition) is 4. The Morgan fingerprint density at radius 1 is 1.50 bits per heavy atom. The van der Waals surface area contributed by atoms with Crippen LogP contribution in [0.3, 0.4) is 0 Å². The van der Waals surface area contributed by atoms with Crippen molar-refractivity contribution in [3.05, 3.63) is 24.0 Å². The van der Waals surface area contributed by atoms with Gasteiger partial charge in [-0.3, -0.25) is 9.78 Å². The fourth-order valence-corrected chi connectivity index (χ4v) is 2.67. The standard InChI is InChI=1S/C15H24N4O/c1-3-17-11(2)14-5-4-13(10-18-14)19-8-6-12(7-9-19)15(16)20/h4-5,10-12,17H,3,6-9H2,1-2H3,(H2,16,20). The van der Waals surface area contributed by atoms with Gasteiger partial charge in [-0.15, -0.1) is 0 Å². The molecule has 1 unspecified atom stereocenters. The maximum Gasteiger partial charge on any atom is 0.220 e. The highest BCUT2D eigenvalue weighted by atomic mass is 16.1. The molecule has 1 aliphatic rings. The van der Waals surface area contributed by atoms with Crippen molar-refractivity contribution in [2.45, 2.75) is 32.7 Å². The largest absolute Gasteiger partial charge is 0.370 e. The normalized spacial score (nSPS) is 18.0. The summed E-state index contributed by atoms with van der Waals surface area (Å²) in [4.78, 5) is 18.0. The number of hydrogen-bond donors (Lipinski definition) is 2. The third kappa shape index (κ3) is 3.48. The highest BCUT2D eigenvalue weighted by Gasteiger charge is 2.23. The van der Waals surface area contributed by atoms with Gasteiger partial charge in [0.05, 0.1) is 17.6 Å². The second kappa shape index (κ2) is 6.70. The lowest BCUT2D eigenvalue weighted by Crippen LogP contribution is -2.38. The van der Waals surface area contributed by atoms with Crippen molar-refractivity contribution in [2.24, 2.45) is 11.7 Å². The zero-order valence-electron chi connectivity index (χ0n) is 12.3. The van der Waals surface area contributed by atoms with Crippen molar-refractivity contribution in [1.82, 2.24) is 10.3 Å². The van der Waals surface area contributed by atoms with Crippen molar-refractivity contribution < 1.29 is 4.79 Å². The predicted octanol–water partition coefficient (Wildman–Crippen LogP) is 1.45. The second-order valence-corrected chi connectivity index (χ2v) is 5.38. The van der Waals surface area contributed by atoms with Crippen molar-refractivity contribution in [1.29, 1.82) is 0 Å². The minimum Gasteiger partial charge on any atom is -0.370 e. The van der Waals surface area contributed by atoms with Crippen molar-refractivity contribution >= 4 is 11.6 Å². The van der Waals surface area contributed by atoms with Gasteiger partial charge >= 0.3 is 0 Å². The Labute approximate surface area is 120 Å². The number of rotatable bonds is 5. The highest BCUT2D eigenvalue weighted by Crippen LogP contribution is 2.23. The van der Waals surface area contributed by atoms with Gasteiger partial charge in [-0.25, -0.2) is 0 Å². The first-order chi connectivity index (χ1) is 9.61. The van der Waals surface area contributed by atoms with Gasteiger partial charge in [-0.2, -0.15) is 0 Å². The highest BCUT2D eigenvalue weighted by molar-refractivity contribution is 5.77. The molecule has 20 heavy (non-hydrogen) atoms. The number of nitrogens with two attached hydrogens (primary N) is 1. The molecule has 0 radical (unpaired) electrons. The molecule has 1 saturated heterocycles.